The van der Waals surface area contributed by atoms with Crippen LogP contribution < -0.4 is 10.2 Å². The first-order valence-corrected chi connectivity index (χ1v) is 10.4. The molecule has 174 valence electrons. The van der Waals surface area contributed by atoms with E-state index in [0.29, 0.717) is 43.6 Å². The molecule has 0 saturated carbocycles. The Morgan fingerprint density at radius 2 is 1.85 bits per heavy atom. The third-order valence-corrected chi connectivity index (χ3v) is 5.75. The van der Waals surface area contributed by atoms with Crippen molar-refractivity contribution >= 4 is 11.9 Å². The second-order valence-electron chi connectivity index (χ2n) is 8.01. The van der Waals surface area contributed by atoms with Crippen molar-refractivity contribution in [1.29, 1.82) is 0 Å². The van der Waals surface area contributed by atoms with E-state index in [1.807, 2.05) is 11.8 Å². The molecule has 0 radical (unpaired) electrons. The summed E-state index contributed by atoms with van der Waals surface area (Å²) >= 11 is 0. The third kappa shape index (κ3) is 4.67. The number of benzene rings is 1. The maximum atomic E-state index is 14.4. The van der Waals surface area contributed by atoms with Gasteiger partial charge in [-0.3, -0.25) is 9.48 Å². The first-order chi connectivity index (χ1) is 15.7. The van der Waals surface area contributed by atoms with Gasteiger partial charge in [0.1, 0.15) is 11.5 Å². The molecule has 4 rings (SSSR count). The zero-order chi connectivity index (χ0) is 23.7. The predicted octanol–water partition coefficient (Wildman–Crippen LogP) is 3.27. The summed E-state index contributed by atoms with van der Waals surface area (Å²) in [5.41, 5.74) is 1.25. The van der Waals surface area contributed by atoms with Crippen molar-refractivity contribution < 1.29 is 22.4 Å². The number of hydrogen-bond donors (Lipinski definition) is 1. The van der Waals surface area contributed by atoms with Crippen LogP contribution in [0.5, 0.6) is 0 Å². The lowest BCUT2D eigenvalue weighted by Crippen LogP contribution is -2.41. The minimum atomic E-state index is -1.30. The van der Waals surface area contributed by atoms with Crippen LogP contribution in [-0.2, 0) is 18.4 Å². The first kappa shape index (κ1) is 22.7. The lowest BCUT2D eigenvalue weighted by molar-refractivity contribution is -0.125. The molecule has 1 aliphatic rings. The number of aryl methyl sites for hydroxylation is 2. The molecule has 1 aliphatic heterocycles. The molecule has 1 N–H and O–H groups in total. The summed E-state index contributed by atoms with van der Waals surface area (Å²) in [6.45, 7) is 2.42. The lowest BCUT2D eigenvalue weighted by atomic mass is 9.96. The van der Waals surface area contributed by atoms with E-state index in [1.54, 1.807) is 17.9 Å². The standard InChI is InChI=1S/C22H22F4N6O/c1-12-9-29-31(2)20(12)19-17(25)11-28-22(30-19)32-5-3-13(4-6-32)21(33)27-10-14-7-15(23)8-16(24)18(14)26/h7-9,11,13H,3-6,10H2,1-2H3,(H,27,33). The number of hydrogen-bond acceptors (Lipinski definition) is 5. The van der Waals surface area contributed by atoms with Crippen LogP contribution >= 0.6 is 0 Å². The Morgan fingerprint density at radius 1 is 1.12 bits per heavy atom. The van der Waals surface area contributed by atoms with Crippen LogP contribution in [0.25, 0.3) is 11.4 Å². The fraction of sp³-hybridized carbons (Fsp3) is 0.364. The monoisotopic (exact) mass is 462 g/mol. The Labute approximate surface area is 187 Å². The quantitative estimate of drug-likeness (QED) is 0.465. The predicted molar refractivity (Wildman–Crippen MR) is 112 cm³/mol. The van der Waals surface area contributed by atoms with Crippen molar-refractivity contribution in [3.63, 3.8) is 0 Å². The number of rotatable bonds is 5. The van der Waals surface area contributed by atoms with E-state index in [1.165, 1.54) is 0 Å². The molecule has 0 spiro atoms. The van der Waals surface area contributed by atoms with Crippen LogP contribution in [-0.4, -0.2) is 38.7 Å². The van der Waals surface area contributed by atoms with Gasteiger partial charge in [0, 0.05) is 44.2 Å². The maximum absolute atomic E-state index is 14.4. The van der Waals surface area contributed by atoms with E-state index in [2.05, 4.69) is 20.4 Å². The van der Waals surface area contributed by atoms with Crippen molar-refractivity contribution in [1.82, 2.24) is 25.1 Å². The molecule has 1 saturated heterocycles. The van der Waals surface area contributed by atoms with E-state index >= 15 is 0 Å². The van der Waals surface area contributed by atoms with Crippen LogP contribution in [0.3, 0.4) is 0 Å². The van der Waals surface area contributed by atoms with Crippen molar-refractivity contribution in [3.05, 3.63) is 58.9 Å². The van der Waals surface area contributed by atoms with E-state index in [0.717, 1.165) is 17.8 Å². The van der Waals surface area contributed by atoms with Gasteiger partial charge in [-0.1, -0.05) is 0 Å². The largest absolute Gasteiger partial charge is 0.352 e. The first-order valence-electron chi connectivity index (χ1n) is 10.4. The molecule has 33 heavy (non-hydrogen) atoms. The van der Waals surface area contributed by atoms with E-state index in [9.17, 15) is 22.4 Å². The molecular weight excluding hydrogens is 440 g/mol. The molecule has 0 aliphatic carbocycles. The summed E-state index contributed by atoms with van der Waals surface area (Å²) in [6.07, 6.45) is 3.68. The van der Waals surface area contributed by atoms with Crippen molar-refractivity contribution in [2.45, 2.75) is 26.3 Å². The topological polar surface area (TPSA) is 75.9 Å². The highest BCUT2D eigenvalue weighted by Gasteiger charge is 2.27. The minimum Gasteiger partial charge on any atom is -0.352 e. The average Bonchev–Trinajstić information content (AvgIpc) is 3.13. The maximum Gasteiger partial charge on any atom is 0.226 e. The number of carbonyl (C=O) groups is 1. The third-order valence-electron chi connectivity index (χ3n) is 5.75. The molecule has 0 atom stereocenters. The highest BCUT2D eigenvalue weighted by Crippen LogP contribution is 2.27. The highest BCUT2D eigenvalue weighted by atomic mass is 19.2. The Morgan fingerprint density at radius 3 is 2.52 bits per heavy atom. The van der Waals surface area contributed by atoms with Crippen LogP contribution in [0.4, 0.5) is 23.5 Å². The molecule has 11 heteroatoms. The Balaban J connectivity index is 1.39. The zero-order valence-corrected chi connectivity index (χ0v) is 18.1. The second-order valence-corrected chi connectivity index (χ2v) is 8.01. The van der Waals surface area contributed by atoms with Gasteiger partial charge in [0.2, 0.25) is 11.9 Å². The number of piperidine rings is 1. The SMILES string of the molecule is Cc1cnn(C)c1-c1nc(N2CCC(C(=O)NCc3cc(F)cc(F)c3F)CC2)ncc1F. The summed E-state index contributed by atoms with van der Waals surface area (Å²) in [4.78, 5) is 22.9. The second kappa shape index (κ2) is 9.16. The van der Waals surface area contributed by atoms with Gasteiger partial charge in [-0.25, -0.2) is 27.5 Å². The fourth-order valence-electron chi connectivity index (χ4n) is 3.97. The smallest absolute Gasteiger partial charge is 0.226 e. The number of nitrogens with one attached hydrogen (secondary N) is 1. The van der Waals surface area contributed by atoms with E-state index in [-0.39, 0.29) is 29.6 Å². The van der Waals surface area contributed by atoms with Gasteiger partial charge >= 0.3 is 0 Å². The van der Waals surface area contributed by atoms with Crippen molar-refractivity contribution in [2.24, 2.45) is 13.0 Å². The molecule has 1 fully saturated rings. The van der Waals surface area contributed by atoms with Gasteiger partial charge in [0.05, 0.1) is 18.1 Å². The van der Waals surface area contributed by atoms with Crippen LogP contribution in [0.2, 0.25) is 0 Å². The highest BCUT2D eigenvalue weighted by molar-refractivity contribution is 5.79. The molecule has 7 nitrogen and oxygen atoms in total. The Kier molecular flexibility index (Phi) is 6.30. The minimum absolute atomic E-state index is 0.154. The molecule has 1 aromatic carbocycles. The average molecular weight is 462 g/mol. The zero-order valence-electron chi connectivity index (χ0n) is 18.1. The van der Waals surface area contributed by atoms with Crippen LogP contribution in [0.15, 0.2) is 24.5 Å². The van der Waals surface area contributed by atoms with Crippen molar-refractivity contribution in [3.8, 4) is 11.4 Å². The molecule has 0 bridgehead atoms. The van der Waals surface area contributed by atoms with Gasteiger partial charge in [-0.2, -0.15) is 5.10 Å². The summed E-state index contributed by atoms with van der Waals surface area (Å²) in [5.74, 6) is -4.28. The molecule has 3 aromatic rings. The fourth-order valence-corrected chi connectivity index (χ4v) is 3.97. The number of nitrogens with zero attached hydrogens (tertiary/aromatic N) is 5. The normalized spacial score (nSPS) is 14.5. The van der Waals surface area contributed by atoms with E-state index in [4.69, 9.17) is 0 Å². The number of anilines is 1. The summed E-state index contributed by atoms with van der Waals surface area (Å²) in [6, 6.07) is 1.31. The van der Waals surface area contributed by atoms with Gasteiger partial charge in [-0.05, 0) is 31.4 Å². The number of amides is 1. The number of carbonyl (C=O) groups excluding carboxylic acids is 1. The Bertz CT molecular complexity index is 1170. The lowest BCUT2D eigenvalue weighted by Gasteiger charge is -2.31. The number of aromatic nitrogens is 4. The molecule has 3 heterocycles. The van der Waals surface area contributed by atoms with Gasteiger partial charge in [0.15, 0.2) is 17.5 Å². The number of halogens is 4. The molecule has 0 unspecified atom stereocenters. The molecule has 1 amide bonds. The molecule has 2 aromatic heterocycles. The summed E-state index contributed by atoms with van der Waals surface area (Å²) < 4.78 is 56.4. The van der Waals surface area contributed by atoms with Gasteiger partial charge < -0.3 is 10.2 Å². The van der Waals surface area contributed by atoms with E-state index < -0.39 is 23.3 Å². The van der Waals surface area contributed by atoms with Crippen molar-refractivity contribution in [2.75, 3.05) is 18.0 Å². The van der Waals surface area contributed by atoms with Crippen LogP contribution in [0, 0.1) is 36.1 Å². The Hall–Kier alpha value is -3.50. The summed E-state index contributed by atoms with van der Waals surface area (Å²) in [7, 11) is 1.71. The summed E-state index contributed by atoms with van der Waals surface area (Å²) in [5, 5.41) is 6.67. The molecular formula is C22H22F4N6O. The van der Waals surface area contributed by atoms with Gasteiger partial charge in [-0.15, -0.1) is 0 Å². The van der Waals surface area contributed by atoms with Gasteiger partial charge in [0.25, 0.3) is 0 Å². The van der Waals surface area contributed by atoms with Crippen LogP contribution in [0.1, 0.15) is 24.0 Å².